The molecule has 1 aromatic carbocycles. The molecule has 3 rings (SSSR count). The highest BCUT2D eigenvalue weighted by Gasteiger charge is 2.15. The predicted molar refractivity (Wildman–Crippen MR) is 77.9 cm³/mol. The molecule has 0 bridgehead atoms. The van der Waals surface area contributed by atoms with E-state index < -0.39 is 0 Å². The van der Waals surface area contributed by atoms with Gasteiger partial charge in [-0.05, 0) is 18.2 Å². The average Bonchev–Trinajstić information content (AvgIpc) is 3.18. The number of carbonyl (C=O) groups is 1. The zero-order chi connectivity index (χ0) is 14.7. The van der Waals surface area contributed by atoms with E-state index in [1.54, 1.807) is 41.3 Å². The predicted octanol–water partition coefficient (Wildman–Crippen LogP) is 1.87. The zero-order valence-electron chi connectivity index (χ0n) is 11.6. The van der Waals surface area contributed by atoms with Crippen molar-refractivity contribution >= 4 is 5.91 Å². The van der Waals surface area contributed by atoms with Gasteiger partial charge in [-0.1, -0.05) is 18.2 Å². The highest BCUT2D eigenvalue weighted by molar-refractivity contribution is 5.92. The van der Waals surface area contributed by atoms with Crippen LogP contribution in [-0.2, 0) is 6.54 Å². The van der Waals surface area contributed by atoms with Gasteiger partial charge in [0.05, 0.1) is 11.9 Å². The van der Waals surface area contributed by atoms with Crippen LogP contribution in [0.1, 0.15) is 16.1 Å². The SMILES string of the molecule is CN(Cc1cn[nH]c1)C(=O)c1ccn(-c2ccccc2)n1. The first-order chi connectivity index (χ1) is 10.2. The van der Waals surface area contributed by atoms with Crippen molar-refractivity contribution in [2.45, 2.75) is 6.54 Å². The lowest BCUT2D eigenvalue weighted by atomic mass is 10.3. The van der Waals surface area contributed by atoms with E-state index in [-0.39, 0.29) is 5.91 Å². The lowest BCUT2D eigenvalue weighted by Gasteiger charge is -2.14. The second-order valence-corrected chi connectivity index (χ2v) is 4.75. The number of H-pyrrole nitrogens is 1. The standard InChI is InChI=1S/C15H15N5O/c1-19(11-12-9-16-17-10-12)15(21)14-7-8-20(18-14)13-5-3-2-4-6-13/h2-10H,11H2,1H3,(H,16,17). The highest BCUT2D eigenvalue weighted by atomic mass is 16.2. The van der Waals surface area contributed by atoms with Crippen molar-refractivity contribution in [2.24, 2.45) is 0 Å². The lowest BCUT2D eigenvalue weighted by molar-refractivity contribution is 0.0779. The van der Waals surface area contributed by atoms with Gasteiger partial charge in [-0.3, -0.25) is 9.89 Å². The molecule has 21 heavy (non-hydrogen) atoms. The molecule has 2 heterocycles. The number of benzene rings is 1. The third kappa shape index (κ3) is 2.84. The topological polar surface area (TPSA) is 66.8 Å². The van der Waals surface area contributed by atoms with Crippen molar-refractivity contribution in [3.8, 4) is 5.69 Å². The normalized spacial score (nSPS) is 10.5. The maximum absolute atomic E-state index is 12.3. The summed E-state index contributed by atoms with van der Waals surface area (Å²) in [5.74, 6) is -0.120. The highest BCUT2D eigenvalue weighted by Crippen LogP contribution is 2.09. The summed E-state index contributed by atoms with van der Waals surface area (Å²) in [5, 5.41) is 10.9. The molecule has 0 aliphatic carbocycles. The summed E-state index contributed by atoms with van der Waals surface area (Å²) in [6.45, 7) is 0.494. The maximum atomic E-state index is 12.3. The molecule has 1 amide bonds. The summed E-state index contributed by atoms with van der Waals surface area (Å²) in [6, 6.07) is 11.4. The van der Waals surface area contributed by atoms with Crippen molar-refractivity contribution in [1.82, 2.24) is 24.9 Å². The average molecular weight is 281 g/mol. The second kappa shape index (κ2) is 5.62. The van der Waals surface area contributed by atoms with Gasteiger partial charge in [0.15, 0.2) is 5.69 Å². The first-order valence-electron chi connectivity index (χ1n) is 6.58. The Bertz CT molecular complexity index is 718. The van der Waals surface area contributed by atoms with Gasteiger partial charge in [0.25, 0.3) is 5.91 Å². The fourth-order valence-corrected chi connectivity index (χ4v) is 2.07. The third-order valence-electron chi connectivity index (χ3n) is 3.15. The molecule has 0 spiro atoms. The molecule has 106 valence electrons. The Hall–Kier alpha value is -2.89. The van der Waals surface area contributed by atoms with E-state index in [0.717, 1.165) is 11.3 Å². The molecule has 0 aliphatic rings. The van der Waals surface area contributed by atoms with Crippen LogP contribution in [-0.4, -0.2) is 37.8 Å². The zero-order valence-corrected chi connectivity index (χ0v) is 11.6. The number of para-hydroxylation sites is 1. The molecule has 1 N–H and O–H groups in total. The van der Waals surface area contributed by atoms with E-state index in [0.29, 0.717) is 12.2 Å². The van der Waals surface area contributed by atoms with Gasteiger partial charge in [0.1, 0.15) is 0 Å². The molecule has 0 unspecified atom stereocenters. The summed E-state index contributed by atoms with van der Waals surface area (Å²) in [7, 11) is 1.75. The van der Waals surface area contributed by atoms with E-state index in [1.165, 1.54) is 0 Å². The van der Waals surface area contributed by atoms with E-state index in [2.05, 4.69) is 15.3 Å². The Kier molecular flexibility index (Phi) is 3.51. The van der Waals surface area contributed by atoms with Crippen LogP contribution in [0.3, 0.4) is 0 Å². The number of nitrogens with one attached hydrogen (secondary N) is 1. The van der Waals surface area contributed by atoms with Crippen LogP contribution >= 0.6 is 0 Å². The van der Waals surface area contributed by atoms with E-state index in [9.17, 15) is 4.79 Å². The summed E-state index contributed by atoms with van der Waals surface area (Å²) < 4.78 is 1.69. The van der Waals surface area contributed by atoms with Crippen molar-refractivity contribution in [3.63, 3.8) is 0 Å². The molecule has 0 saturated carbocycles. The Labute approximate surface area is 122 Å². The van der Waals surface area contributed by atoms with Crippen LogP contribution in [0.4, 0.5) is 0 Å². The fraction of sp³-hybridized carbons (Fsp3) is 0.133. The van der Waals surface area contributed by atoms with Gasteiger partial charge in [0, 0.05) is 31.5 Å². The Morgan fingerprint density at radius 2 is 2.10 bits per heavy atom. The molecular formula is C15H15N5O. The summed E-state index contributed by atoms with van der Waals surface area (Å²) in [5.41, 5.74) is 2.30. The Morgan fingerprint density at radius 1 is 1.29 bits per heavy atom. The molecule has 0 saturated heterocycles. The maximum Gasteiger partial charge on any atom is 0.274 e. The molecular weight excluding hydrogens is 266 g/mol. The summed E-state index contributed by atoms with van der Waals surface area (Å²) >= 11 is 0. The second-order valence-electron chi connectivity index (χ2n) is 4.75. The molecule has 0 aliphatic heterocycles. The molecule has 0 atom stereocenters. The van der Waals surface area contributed by atoms with Gasteiger partial charge in [-0.2, -0.15) is 10.2 Å². The molecule has 0 radical (unpaired) electrons. The number of hydrogen-bond donors (Lipinski definition) is 1. The number of carbonyl (C=O) groups excluding carboxylic acids is 1. The monoisotopic (exact) mass is 281 g/mol. The molecule has 3 aromatic rings. The van der Waals surface area contributed by atoms with Gasteiger partial charge >= 0.3 is 0 Å². The first-order valence-corrected chi connectivity index (χ1v) is 6.58. The van der Waals surface area contributed by atoms with E-state index in [1.807, 2.05) is 30.3 Å². The number of rotatable bonds is 4. The first kappa shape index (κ1) is 13.1. The van der Waals surface area contributed by atoms with Crippen molar-refractivity contribution in [2.75, 3.05) is 7.05 Å². The van der Waals surface area contributed by atoms with Gasteiger partial charge < -0.3 is 4.90 Å². The Balaban J connectivity index is 1.75. The minimum atomic E-state index is -0.120. The number of aromatic nitrogens is 4. The van der Waals surface area contributed by atoms with Crippen molar-refractivity contribution in [1.29, 1.82) is 0 Å². The van der Waals surface area contributed by atoms with Gasteiger partial charge in [0.2, 0.25) is 0 Å². The number of hydrogen-bond acceptors (Lipinski definition) is 3. The van der Waals surface area contributed by atoms with Gasteiger partial charge in [-0.25, -0.2) is 4.68 Å². The quantitative estimate of drug-likeness (QED) is 0.794. The van der Waals surface area contributed by atoms with Crippen LogP contribution in [0.15, 0.2) is 55.0 Å². The van der Waals surface area contributed by atoms with E-state index >= 15 is 0 Å². The van der Waals surface area contributed by atoms with Gasteiger partial charge in [-0.15, -0.1) is 0 Å². The van der Waals surface area contributed by atoms with Crippen molar-refractivity contribution < 1.29 is 4.79 Å². The molecule has 2 aromatic heterocycles. The number of aromatic amines is 1. The van der Waals surface area contributed by atoms with Crippen LogP contribution in [0, 0.1) is 0 Å². The largest absolute Gasteiger partial charge is 0.336 e. The number of amides is 1. The smallest absolute Gasteiger partial charge is 0.274 e. The van der Waals surface area contributed by atoms with E-state index in [4.69, 9.17) is 0 Å². The Morgan fingerprint density at radius 3 is 2.81 bits per heavy atom. The number of nitrogens with zero attached hydrogens (tertiary/aromatic N) is 4. The lowest BCUT2D eigenvalue weighted by Crippen LogP contribution is -2.26. The summed E-state index contributed by atoms with van der Waals surface area (Å²) in [4.78, 5) is 13.9. The van der Waals surface area contributed by atoms with Crippen LogP contribution in [0.5, 0.6) is 0 Å². The fourth-order valence-electron chi connectivity index (χ4n) is 2.07. The van der Waals surface area contributed by atoms with Crippen molar-refractivity contribution in [3.05, 3.63) is 66.2 Å². The third-order valence-corrected chi connectivity index (χ3v) is 3.15. The summed E-state index contributed by atoms with van der Waals surface area (Å²) in [6.07, 6.45) is 5.26. The van der Waals surface area contributed by atoms with Crippen LogP contribution < -0.4 is 0 Å². The molecule has 6 nitrogen and oxygen atoms in total. The molecule has 0 fully saturated rings. The minimum absolute atomic E-state index is 0.120. The minimum Gasteiger partial charge on any atom is -0.336 e. The van der Waals surface area contributed by atoms with Crippen LogP contribution in [0.2, 0.25) is 0 Å². The van der Waals surface area contributed by atoms with Crippen LogP contribution in [0.25, 0.3) is 5.69 Å². The molecule has 6 heteroatoms.